The van der Waals surface area contributed by atoms with Gasteiger partial charge in [-0.1, -0.05) is 17.7 Å². The molecule has 4 nitrogen and oxygen atoms in total. The maximum absolute atomic E-state index is 12.2. The molecule has 0 heterocycles. The summed E-state index contributed by atoms with van der Waals surface area (Å²) < 4.78 is 5.04. The van der Waals surface area contributed by atoms with Crippen molar-refractivity contribution in [3.8, 4) is 11.5 Å². The Balaban J connectivity index is 2.19. The van der Waals surface area contributed by atoms with Gasteiger partial charge in [0.05, 0.1) is 12.1 Å². The van der Waals surface area contributed by atoms with E-state index in [1.54, 1.807) is 30.3 Å². The number of allylic oxidation sites excluding steroid dienone is 1. The van der Waals surface area contributed by atoms with E-state index in [1.165, 1.54) is 13.2 Å². The van der Waals surface area contributed by atoms with Crippen molar-refractivity contribution in [2.24, 2.45) is 0 Å². The smallest absolute Gasteiger partial charge is 0.185 e. The standard InChI is InChI=1S/C18H18ClNO3/c1-20(2)14-7-5-13(6-8-14)16(21)9-4-12-10-15(19)18(22)17(11-12)23-3/h4-11,22H,1-3H3/b9-4+. The van der Waals surface area contributed by atoms with Crippen molar-refractivity contribution in [2.75, 3.05) is 26.1 Å². The minimum atomic E-state index is -0.114. The molecular weight excluding hydrogens is 314 g/mol. The Kier molecular flexibility index (Phi) is 5.29. The van der Waals surface area contributed by atoms with Crippen LogP contribution in [0.3, 0.4) is 0 Å². The predicted octanol–water partition coefficient (Wildman–Crippen LogP) is 4.02. The molecule has 0 spiro atoms. The van der Waals surface area contributed by atoms with Gasteiger partial charge in [-0.3, -0.25) is 4.79 Å². The third-order valence-corrected chi connectivity index (χ3v) is 3.65. The second-order valence-electron chi connectivity index (χ2n) is 5.19. The van der Waals surface area contributed by atoms with Crippen molar-refractivity contribution in [2.45, 2.75) is 0 Å². The fourth-order valence-electron chi connectivity index (χ4n) is 2.04. The number of benzene rings is 2. The fourth-order valence-corrected chi connectivity index (χ4v) is 2.26. The largest absolute Gasteiger partial charge is 0.503 e. The van der Waals surface area contributed by atoms with Gasteiger partial charge in [0.25, 0.3) is 0 Å². The summed E-state index contributed by atoms with van der Waals surface area (Å²) in [6, 6.07) is 10.5. The van der Waals surface area contributed by atoms with E-state index in [4.69, 9.17) is 16.3 Å². The Hall–Kier alpha value is -2.46. The molecule has 0 aliphatic carbocycles. The van der Waals surface area contributed by atoms with Gasteiger partial charge in [-0.2, -0.15) is 0 Å². The van der Waals surface area contributed by atoms with E-state index in [1.807, 2.05) is 31.1 Å². The van der Waals surface area contributed by atoms with E-state index < -0.39 is 0 Å². The average Bonchev–Trinajstić information content (AvgIpc) is 2.55. The Labute approximate surface area is 140 Å². The molecule has 23 heavy (non-hydrogen) atoms. The Bertz CT molecular complexity index is 737. The maximum Gasteiger partial charge on any atom is 0.185 e. The second kappa shape index (κ2) is 7.20. The van der Waals surface area contributed by atoms with E-state index in [0.717, 1.165) is 5.69 Å². The number of hydrogen-bond donors (Lipinski definition) is 1. The molecule has 0 radical (unpaired) electrons. The Morgan fingerprint density at radius 2 is 1.87 bits per heavy atom. The third kappa shape index (κ3) is 4.05. The van der Waals surface area contributed by atoms with Crippen LogP contribution in [0.1, 0.15) is 15.9 Å². The lowest BCUT2D eigenvalue weighted by Gasteiger charge is -2.11. The lowest BCUT2D eigenvalue weighted by Crippen LogP contribution is -2.08. The van der Waals surface area contributed by atoms with Gasteiger partial charge < -0.3 is 14.7 Å². The Morgan fingerprint density at radius 1 is 1.22 bits per heavy atom. The molecule has 0 fully saturated rings. The van der Waals surface area contributed by atoms with E-state index in [2.05, 4.69) is 0 Å². The van der Waals surface area contributed by atoms with Crippen molar-refractivity contribution < 1.29 is 14.6 Å². The molecule has 0 aliphatic heterocycles. The first-order valence-electron chi connectivity index (χ1n) is 6.98. The van der Waals surface area contributed by atoms with Crippen molar-refractivity contribution in [3.05, 3.63) is 58.6 Å². The van der Waals surface area contributed by atoms with Crippen LogP contribution >= 0.6 is 11.6 Å². The normalized spacial score (nSPS) is 10.8. The highest BCUT2D eigenvalue weighted by atomic mass is 35.5. The molecule has 0 saturated carbocycles. The first kappa shape index (κ1) is 16.9. The zero-order valence-electron chi connectivity index (χ0n) is 13.2. The number of halogens is 1. The number of anilines is 1. The molecule has 0 aromatic heterocycles. The highest BCUT2D eigenvalue weighted by Gasteiger charge is 2.08. The molecular formula is C18H18ClNO3. The number of ether oxygens (including phenoxy) is 1. The molecule has 5 heteroatoms. The minimum Gasteiger partial charge on any atom is -0.503 e. The lowest BCUT2D eigenvalue weighted by atomic mass is 10.1. The molecule has 0 amide bonds. The Morgan fingerprint density at radius 3 is 2.43 bits per heavy atom. The number of carbonyl (C=O) groups is 1. The number of rotatable bonds is 5. The molecule has 2 rings (SSSR count). The zero-order chi connectivity index (χ0) is 17.0. The zero-order valence-corrected chi connectivity index (χ0v) is 14.0. The molecule has 0 unspecified atom stereocenters. The third-order valence-electron chi connectivity index (χ3n) is 3.37. The van der Waals surface area contributed by atoms with Crippen molar-refractivity contribution >= 4 is 29.1 Å². The van der Waals surface area contributed by atoms with Crippen LogP contribution < -0.4 is 9.64 Å². The number of carbonyl (C=O) groups excluding carboxylic acids is 1. The quantitative estimate of drug-likeness (QED) is 0.664. The van der Waals surface area contributed by atoms with E-state index >= 15 is 0 Å². The maximum atomic E-state index is 12.2. The van der Waals surface area contributed by atoms with Crippen LogP contribution in [-0.2, 0) is 0 Å². The average molecular weight is 332 g/mol. The van der Waals surface area contributed by atoms with Crippen LogP contribution in [0.25, 0.3) is 6.08 Å². The SMILES string of the molecule is COc1cc(/C=C/C(=O)c2ccc(N(C)C)cc2)cc(Cl)c1O. The molecule has 2 aromatic carbocycles. The van der Waals surface area contributed by atoms with Crippen molar-refractivity contribution in [1.29, 1.82) is 0 Å². The van der Waals surface area contributed by atoms with Gasteiger partial charge in [-0.15, -0.1) is 0 Å². The molecule has 2 aromatic rings. The topological polar surface area (TPSA) is 49.8 Å². The van der Waals surface area contributed by atoms with Gasteiger partial charge in [0.2, 0.25) is 0 Å². The van der Waals surface area contributed by atoms with Crippen LogP contribution in [0, 0.1) is 0 Å². The number of nitrogens with zero attached hydrogens (tertiary/aromatic N) is 1. The first-order chi connectivity index (χ1) is 10.9. The van der Waals surface area contributed by atoms with Gasteiger partial charge in [-0.05, 0) is 48.0 Å². The van der Waals surface area contributed by atoms with Crippen LogP contribution in [0.4, 0.5) is 5.69 Å². The van der Waals surface area contributed by atoms with Gasteiger partial charge >= 0.3 is 0 Å². The molecule has 0 saturated heterocycles. The van der Waals surface area contributed by atoms with Gasteiger partial charge in [0, 0.05) is 25.3 Å². The second-order valence-corrected chi connectivity index (χ2v) is 5.60. The summed E-state index contributed by atoms with van der Waals surface area (Å²) in [6.07, 6.45) is 3.10. The van der Waals surface area contributed by atoms with Crippen LogP contribution in [0.15, 0.2) is 42.5 Å². The first-order valence-corrected chi connectivity index (χ1v) is 7.36. The van der Waals surface area contributed by atoms with Crippen molar-refractivity contribution in [1.82, 2.24) is 0 Å². The number of methoxy groups -OCH3 is 1. The lowest BCUT2D eigenvalue weighted by molar-refractivity contribution is 0.104. The van der Waals surface area contributed by atoms with Gasteiger partial charge in [0.1, 0.15) is 0 Å². The van der Waals surface area contributed by atoms with Crippen molar-refractivity contribution in [3.63, 3.8) is 0 Å². The van der Waals surface area contributed by atoms with Gasteiger partial charge in [-0.25, -0.2) is 0 Å². The highest BCUT2D eigenvalue weighted by Crippen LogP contribution is 2.35. The van der Waals surface area contributed by atoms with Crippen LogP contribution in [0.5, 0.6) is 11.5 Å². The van der Waals surface area contributed by atoms with Crippen LogP contribution in [0.2, 0.25) is 5.02 Å². The minimum absolute atomic E-state index is 0.113. The fraction of sp³-hybridized carbons (Fsp3) is 0.167. The summed E-state index contributed by atoms with van der Waals surface area (Å²) in [7, 11) is 5.33. The molecule has 0 atom stereocenters. The highest BCUT2D eigenvalue weighted by molar-refractivity contribution is 6.32. The predicted molar refractivity (Wildman–Crippen MR) is 93.8 cm³/mol. The summed E-state index contributed by atoms with van der Waals surface area (Å²) >= 11 is 5.92. The number of aromatic hydroxyl groups is 1. The number of ketones is 1. The number of phenols is 1. The molecule has 1 N–H and O–H groups in total. The molecule has 0 bridgehead atoms. The summed E-state index contributed by atoms with van der Waals surface area (Å²) in [5, 5.41) is 9.87. The summed E-state index contributed by atoms with van der Waals surface area (Å²) in [4.78, 5) is 14.2. The number of hydrogen-bond acceptors (Lipinski definition) is 4. The molecule has 0 aliphatic rings. The van der Waals surface area contributed by atoms with E-state index in [-0.39, 0.29) is 22.3 Å². The number of phenolic OH excluding ortho intramolecular Hbond substituents is 1. The molecule has 120 valence electrons. The van der Waals surface area contributed by atoms with Gasteiger partial charge in [0.15, 0.2) is 17.3 Å². The summed E-state index contributed by atoms with van der Waals surface area (Å²) in [6.45, 7) is 0. The monoisotopic (exact) mass is 331 g/mol. The summed E-state index contributed by atoms with van der Waals surface area (Å²) in [5.41, 5.74) is 2.30. The van der Waals surface area contributed by atoms with E-state index in [0.29, 0.717) is 11.1 Å². The summed E-state index contributed by atoms with van der Waals surface area (Å²) in [5.74, 6) is 0.0373. The van der Waals surface area contributed by atoms with Crippen LogP contribution in [-0.4, -0.2) is 32.1 Å². The van der Waals surface area contributed by atoms with E-state index in [9.17, 15) is 9.90 Å².